The first kappa shape index (κ1) is 14.8. The number of halogens is 3. The molecular formula is C13H15F3N2O2. The Kier molecular flexibility index (Phi) is 4.29. The van der Waals surface area contributed by atoms with Gasteiger partial charge in [0.05, 0.1) is 12.6 Å². The van der Waals surface area contributed by atoms with Crippen molar-refractivity contribution in [3.63, 3.8) is 0 Å². The molecule has 2 atom stereocenters. The number of hydrogen-bond acceptors (Lipinski definition) is 3. The molecule has 110 valence electrons. The van der Waals surface area contributed by atoms with Crippen LogP contribution in [-0.2, 0) is 9.53 Å². The third-order valence-corrected chi connectivity index (χ3v) is 3.37. The molecule has 0 spiro atoms. The summed E-state index contributed by atoms with van der Waals surface area (Å²) in [6.45, 7) is 0.465. The van der Waals surface area contributed by atoms with Gasteiger partial charge in [-0.05, 0) is 6.07 Å². The van der Waals surface area contributed by atoms with Gasteiger partial charge in [-0.15, -0.1) is 0 Å². The average molecular weight is 288 g/mol. The van der Waals surface area contributed by atoms with Crippen molar-refractivity contribution < 1.29 is 22.7 Å². The first-order chi connectivity index (χ1) is 9.45. The molecule has 1 aromatic rings. The molecule has 1 amide bonds. The van der Waals surface area contributed by atoms with Crippen LogP contribution in [0.15, 0.2) is 12.1 Å². The summed E-state index contributed by atoms with van der Waals surface area (Å²) in [6.07, 6.45) is 0.0345. The number of benzene rings is 1. The fourth-order valence-corrected chi connectivity index (χ4v) is 2.43. The molecule has 0 bridgehead atoms. The number of amides is 1. The predicted molar refractivity (Wildman–Crippen MR) is 65.2 cm³/mol. The molecule has 1 heterocycles. The maximum atomic E-state index is 13.8. The van der Waals surface area contributed by atoms with Crippen LogP contribution in [0, 0.1) is 17.5 Å². The zero-order valence-corrected chi connectivity index (χ0v) is 10.9. The maximum absolute atomic E-state index is 13.8. The lowest BCUT2D eigenvalue weighted by Gasteiger charge is -2.27. The van der Waals surface area contributed by atoms with E-state index in [9.17, 15) is 18.0 Å². The number of methoxy groups -OCH3 is 1. The van der Waals surface area contributed by atoms with Crippen molar-refractivity contribution in [3.8, 4) is 0 Å². The molecule has 0 aromatic heterocycles. The molecule has 20 heavy (non-hydrogen) atoms. The third kappa shape index (κ3) is 2.64. The fourth-order valence-electron chi connectivity index (χ4n) is 2.43. The number of carbonyl (C=O) groups is 1. The van der Waals surface area contributed by atoms with Crippen molar-refractivity contribution in [2.24, 2.45) is 5.73 Å². The second kappa shape index (κ2) is 5.80. The molecule has 0 saturated carbocycles. The summed E-state index contributed by atoms with van der Waals surface area (Å²) in [5.41, 5.74) is 5.72. The first-order valence-electron chi connectivity index (χ1n) is 6.14. The highest BCUT2D eigenvalue weighted by Crippen LogP contribution is 2.34. The second-order valence-electron chi connectivity index (χ2n) is 4.68. The Morgan fingerprint density at radius 1 is 1.30 bits per heavy atom. The van der Waals surface area contributed by atoms with E-state index in [2.05, 4.69) is 0 Å². The molecule has 1 aliphatic heterocycles. The molecule has 2 unspecified atom stereocenters. The van der Waals surface area contributed by atoms with E-state index in [-0.39, 0.29) is 31.0 Å². The third-order valence-electron chi connectivity index (χ3n) is 3.37. The topological polar surface area (TPSA) is 55.6 Å². The Bertz CT molecular complexity index is 525. The summed E-state index contributed by atoms with van der Waals surface area (Å²) in [5.74, 6) is -3.61. The predicted octanol–water partition coefficient (Wildman–Crippen LogP) is 1.35. The van der Waals surface area contributed by atoms with Crippen molar-refractivity contribution in [1.82, 2.24) is 4.90 Å². The van der Waals surface area contributed by atoms with E-state index in [0.717, 1.165) is 6.07 Å². The molecule has 2 rings (SSSR count). The van der Waals surface area contributed by atoms with Gasteiger partial charge in [0.25, 0.3) is 0 Å². The van der Waals surface area contributed by atoms with Crippen LogP contribution in [0.3, 0.4) is 0 Å². The standard InChI is InChI=1S/C13H15F3N2O2/c1-20-3-2-18-12(19)6-11(17)13(18)7-4-9(15)10(16)5-8(7)14/h4-5,11,13H,2-3,6,17H2,1H3. The first-order valence-corrected chi connectivity index (χ1v) is 6.14. The molecule has 0 aliphatic carbocycles. The lowest BCUT2D eigenvalue weighted by molar-refractivity contribution is -0.129. The van der Waals surface area contributed by atoms with Gasteiger partial charge in [-0.1, -0.05) is 0 Å². The largest absolute Gasteiger partial charge is 0.383 e. The summed E-state index contributed by atoms with van der Waals surface area (Å²) in [4.78, 5) is 13.2. The van der Waals surface area contributed by atoms with Crippen LogP contribution >= 0.6 is 0 Å². The number of ether oxygens (including phenoxy) is 1. The van der Waals surface area contributed by atoms with Gasteiger partial charge in [0.15, 0.2) is 11.6 Å². The van der Waals surface area contributed by atoms with Gasteiger partial charge < -0.3 is 15.4 Å². The highest BCUT2D eigenvalue weighted by Gasteiger charge is 2.40. The zero-order valence-electron chi connectivity index (χ0n) is 10.9. The molecule has 1 fully saturated rings. The van der Waals surface area contributed by atoms with E-state index in [1.807, 2.05) is 0 Å². The van der Waals surface area contributed by atoms with E-state index in [1.165, 1.54) is 12.0 Å². The average Bonchev–Trinajstić information content (AvgIpc) is 2.66. The number of hydrogen-bond donors (Lipinski definition) is 1. The maximum Gasteiger partial charge on any atom is 0.224 e. The second-order valence-corrected chi connectivity index (χ2v) is 4.68. The van der Waals surface area contributed by atoms with Gasteiger partial charge in [-0.2, -0.15) is 0 Å². The van der Waals surface area contributed by atoms with Crippen molar-refractivity contribution in [3.05, 3.63) is 35.1 Å². The fraction of sp³-hybridized carbons (Fsp3) is 0.462. The number of likely N-dealkylation sites (tertiary alicyclic amines) is 1. The summed E-state index contributed by atoms with van der Waals surface area (Å²) >= 11 is 0. The Hall–Kier alpha value is -1.60. The normalized spacial score (nSPS) is 22.6. The van der Waals surface area contributed by atoms with Crippen LogP contribution < -0.4 is 5.73 Å². The SMILES string of the molecule is COCCN1C(=O)CC(N)C1c1cc(F)c(F)cc1F. The van der Waals surface area contributed by atoms with Gasteiger partial charge in [-0.3, -0.25) is 4.79 Å². The molecule has 4 nitrogen and oxygen atoms in total. The number of carbonyl (C=O) groups excluding carboxylic acids is 1. The van der Waals surface area contributed by atoms with Gasteiger partial charge >= 0.3 is 0 Å². The van der Waals surface area contributed by atoms with Crippen molar-refractivity contribution in [1.29, 1.82) is 0 Å². The molecule has 7 heteroatoms. The minimum absolute atomic E-state index is 0.0345. The Labute approximate surface area is 114 Å². The number of nitrogens with two attached hydrogens (primary N) is 1. The van der Waals surface area contributed by atoms with Crippen LogP contribution in [0.1, 0.15) is 18.0 Å². The smallest absolute Gasteiger partial charge is 0.224 e. The minimum Gasteiger partial charge on any atom is -0.383 e. The van der Waals surface area contributed by atoms with E-state index in [1.54, 1.807) is 0 Å². The number of nitrogens with zero attached hydrogens (tertiary/aromatic N) is 1. The lowest BCUT2D eigenvalue weighted by atomic mass is 10.00. The van der Waals surface area contributed by atoms with E-state index < -0.39 is 29.5 Å². The summed E-state index contributed by atoms with van der Waals surface area (Å²) in [7, 11) is 1.47. The molecule has 1 aliphatic rings. The Morgan fingerprint density at radius 3 is 2.60 bits per heavy atom. The highest BCUT2D eigenvalue weighted by molar-refractivity contribution is 5.80. The van der Waals surface area contributed by atoms with Crippen LogP contribution in [0.4, 0.5) is 13.2 Å². The summed E-state index contributed by atoms with van der Waals surface area (Å²) in [5, 5.41) is 0. The Balaban J connectivity index is 2.37. The van der Waals surface area contributed by atoms with E-state index >= 15 is 0 Å². The molecule has 1 aromatic carbocycles. The van der Waals surface area contributed by atoms with Crippen molar-refractivity contribution in [2.45, 2.75) is 18.5 Å². The summed E-state index contributed by atoms with van der Waals surface area (Å²) < 4.78 is 45.0. The van der Waals surface area contributed by atoms with E-state index in [4.69, 9.17) is 10.5 Å². The van der Waals surface area contributed by atoms with E-state index in [0.29, 0.717) is 6.07 Å². The van der Waals surface area contributed by atoms with Gasteiger partial charge in [0.2, 0.25) is 5.91 Å². The lowest BCUT2D eigenvalue weighted by Crippen LogP contribution is -2.35. The highest BCUT2D eigenvalue weighted by atomic mass is 19.2. The molecular weight excluding hydrogens is 273 g/mol. The minimum atomic E-state index is -1.27. The number of rotatable bonds is 4. The molecule has 1 saturated heterocycles. The summed E-state index contributed by atoms with van der Waals surface area (Å²) in [6, 6.07) is -0.256. The van der Waals surface area contributed by atoms with Gasteiger partial charge in [-0.25, -0.2) is 13.2 Å². The van der Waals surface area contributed by atoms with Crippen LogP contribution in [0.5, 0.6) is 0 Å². The molecule has 2 N–H and O–H groups in total. The van der Waals surface area contributed by atoms with Crippen LogP contribution in [0.25, 0.3) is 0 Å². The van der Waals surface area contributed by atoms with Crippen molar-refractivity contribution in [2.75, 3.05) is 20.3 Å². The van der Waals surface area contributed by atoms with Gasteiger partial charge in [0.1, 0.15) is 5.82 Å². The zero-order chi connectivity index (χ0) is 14.9. The van der Waals surface area contributed by atoms with Gasteiger partial charge in [0, 0.05) is 37.7 Å². The quantitative estimate of drug-likeness (QED) is 0.851. The monoisotopic (exact) mass is 288 g/mol. The Morgan fingerprint density at radius 2 is 1.95 bits per heavy atom. The molecule has 0 radical (unpaired) electrons. The van der Waals surface area contributed by atoms with Crippen LogP contribution in [-0.4, -0.2) is 37.1 Å². The van der Waals surface area contributed by atoms with Crippen molar-refractivity contribution >= 4 is 5.91 Å². The van der Waals surface area contributed by atoms with Crippen LogP contribution in [0.2, 0.25) is 0 Å².